The first-order valence-corrected chi connectivity index (χ1v) is 8.47. The molecule has 2 amide bonds. The average Bonchev–Trinajstić information content (AvgIpc) is 3.14. The number of amides is 2. The molecule has 3 N–H and O–H groups in total. The van der Waals surface area contributed by atoms with Crippen molar-refractivity contribution in [2.75, 3.05) is 0 Å². The van der Waals surface area contributed by atoms with Gasteiger partial charge in [-0.1, -0.05) is 20.3 Å². The smallest absolute Gasteiger partial charge is 0.309 e. The third-order valence-corrected chi connectivity index (χ3v) is 7.18. The molecule has 3 aliphatic rings. The minimum atomic E-state index is -0.925. The van der Waals surface area contributed by atoms with Crippen LogP contribution in [0.5, 0.6) is 0 Å². The zero-order valence-electron chi connectivity index (χ0n) is 14.1. The Kier molecular flexibility index (Phi) is 3.50. The predicted molar refractivity (Wildman–Crippen MR) is 82.9 cm³/mol. The van der Waals surface area contributed by atoms with Gasteiger partial charge in [-0.05, 0) is 49.9 Å². The number of hydrazine groups is 1. The van der Waals surface area contributed by atoms with Crippen LogP contribution in [0.4, 0.5) is 0 Å². The molecule has 3 rings (SSSR count). The van der Waals surface area contributed by atoms with E-state index in [2.05, 4.69) is 10.9 Å². The lowest BCUT2D eigenvalue weighted by Gasteiger charge is -2.37. The number of carbonyl (C=O) groups is 3. The summed E-state index contributed by atoms with van der Waals surface area (Å²) < 4.78 is 0. The Bertz CT molecular complexity index is 567. The van der Waals surface area contributed by atoms with Crippen molar-refractivity contribution in [3.63, 3.8) is 0 Å². The molecule has 0 saturated heterocycles. The lowest BCUT2D eigenvalue weighted by molar-refractivity contribution is -0.155. The van der Waals surface area contributed by atoms with E-state index in [-0.39, 0.29) is 23.1 Å². The van der Waals surface area contributed by atoms with Gasteiger partial charge in [0.2, 0.25) is 11.8 Å². The number of aliphatic carboxylic acids is 1. The van der Waals surface area contributed by atoms with Gasteiger partial charge in [0.25, 0.3) is 0 Å². The van der Waals surface area contributed by atoms with Crippen LogP contribution in [0, 0.1) is 28.1 Å². The fourth-order valence-corrected chi connectivity index (χ4v) is 4.54. The van der Waals surface area contributed by atoms with E-state index in [1.165, 1.54) is 6.42 Å². The Morgan fingerprint density at radius 2 is 1.52 bits per heavy atom. The highest BCUT2D eigenvalue weighted by molar-refractivity contribution is 5.88. The van der Waals surface area contributed by atoms with Crippen molar-refractivity contribution in [1.82, 2.24) is 10.9 Å². The molecule has 6 nitrogen and oxygen atoms in total. The van der Waals surface area contributed by atoms with E-state index in [4.69, 9.17) is 0 Å². The van der Waals surface area contributed by atoms with Crippen LogP contribution in [0.25, 0.3) is 0 Å². The molecule has 0 aromatic heterocycles. The molecule has 3 aliphatic carbocycles. The monoisotopic (exact) mass is 322 g/mol. The summed E-state index contributed by atoms with van der Waals surface area (Å²) >= 11 is 0. The minimum Gasteiger partial charge on any atom is -0.481 e. The molecule has 0 unspecified atom stereocenters. The normalized spacial score (nSPS) is 36.1. The Morgan fingerprint density at radius 1 is 0.957 bits per heavy atom. The van der Waals surface area contributed by atoms with Gasteiger partial charge in [0.15, 0.2) is 0 Å². The lowest BCUT2D eigenvalue weighted by atomic mass is 9.65. The molecule has 3 saturated carbocycles. The van der Waals surface area contributed by atoms with E-state index < -0.39 is 22.7 Å². The zero-order chi connectivity index (χ0) is 17.0. The van der Waals surface area contributed by atoms with Gasteiger partial charge in [-0.25, -0.2) is 0 Å². The molecular formula is C17H26N2O4. The second-order valence-electron chi connectivity index (χ2n) is 8.40. The Hall–Kier alpha value is -1.59. The SMILES string of the molecule is CC1(C)[C@H](C(=O)NNC(=O)[C@H]2CC23CCC3)CC[C@]1(C)C(=O)O. The first kappa shape index (κ1) is 16.3. The number of rotatable bonds is 3. The molecule has 0 radical (unpaired) electrons. The summed E-state index contributed by atoms with van der Waals surface area (Å²) in [4.78, 5) is 36.1. The summed E-state index contributed by atoms with van der Waals surface area (Å²) in [5.74, 6) is -1.63. The van der Waals surface area contributed by atoms with Crippen LogP contribution in [-0.4, -0.2) is 22.9 Å². The highest BCUT2D eigenvalue weighted by Gasteiger charge is 2.61. The molecule has 1 spiro atoms. The molecule has 6 heteroatoms. The number of hydrogen-bond acceptors (Lipinski definition) is 3. The molecule has 0 heterocycles. The van der Waals surface area contributed by atoms with Crippen LogP contribution >= 0.6 is 0 Å². The van der Waals surface area contributed by atoms with Gasteiger partial charge in [-0.3, -0.25) is 25.2 Å². The molecular weight excluding hydrogens is 296 g/mol. The number of carboxylic acid groups (broad SMARTS) is 1. The summed E-state index contributed by atoms with van der Waals surface area (Å²) in [5, 5.41) is 9.50. The maximum atomic E-state index is 12.4. The number of carboxylic acids is 1. The average molecular weight is 322 g/mol. The van der Waals surface area contributed by atoms with Gasteiger partial charge in [-0.2, -0.15) is 0 Å². The largest absolute Gasteiger partial charge is 0.481 e. The highest BCUT2D eigenvalue weighted by Crippen LogP contribution is 2.65. The molecule has 23 heavy (non-hydrogen) atoms. The van der Waals surface area contributed by atoms with Gasteiger partial charge in [0.05, 0.1) is 5.41 Å². The Morgan fingerprint density at radius 3 is 1.91 bits per heavy atom. The van der Waals surface area contributed by atoms with E-state index in [1.807, 2.05) is 13.8 Å². The number of nitrogens with one attached hydrogen (secondary N) is 2. The summed E-state index contributed by atoms with van der Waals surface area (Å²) in [6, 6.07) is 0. The summed E-state index contributed by atoms with van der Waals surface area (Å²) in [5.41, 5.74) is 3.72. The van der Waals surface area contributed by atoms with Gasteiger partial charge in [0.1, 0.15) is 0 Å². The number of hydrogen-bond donors (Lipinski definition) is 3. The van der Waals surface area contributed by atoms with E-state index in [0.29, 0.717) is 12.8 Å². The van der Waals surface area contributed by atoms with Crippen LogP contribution in [0.1, 0.15) is 59.3 Å². The standard InChI is InChI=1S/C17H26N2O4/c1-15(2)10(5-8-16(15,3)14(22)23)12(20)18-19-13(21)11-9-17(11)6-4-7-17/h10-11H,4-9H2,1-3H3,(H,18,20)(H,19,21)(H,22,23)/t10-,11+,16+/m0/s1. The van der Waals surface area contributed by atoms with Crippen LogP contribution in [0.15, 0.2) is 0 Å². The zero-order valence-corrected chi connectivity index (χ0v) is 14.1. The van der Waals surface area contributed by atoms with Crippen molar-refractivity contribution < 1.29 is 19.5 Å². The first-order valence-electron chi connectivity index (χ1n) is 8.47. The van der Waals surface area contributed by atoms with E-state index >= 15 is 0 Å². The third kappa shape index (κ3) is 2.25. The van der Waals surface area contributed by atoms with Crippen molar-refractivity contribution in [2.45, 2.75) is 59.3 Å². The molecule has 0 aromatic rings. The van der Waals surface area contributed by atoms with Crippen molar-refractivity contribution in [2.24, 2.45) is 28.1 Å². The fraction of sp³-hybridized carbons (Fsp3) is 0.824. The van der Waals surface area contributed by atoms with Gasteiger partial charge < -0.3 is 5.11 Å². The third-order valence-electron chi connectivity index (χ3n) is 7.18. The van der Waals surface area contributed by atoms with Gasteiger partial charge in [-0.15, -0.1) is 0 Å². The molecule has 128 valence electrons. The predicted octanol–water partition coefficient (Wildman–Crippen LogP) is 1.85. The molecule has 3 fully saturated rings. The summed E-state index contributed by atoms with van der Waals surface area (Å²) in [6.07, 6.45) is 5.34. The maximum Gasteiger partial charge on any atom is 0.309 e. The van der Waals surface area contributed by atoms with Crippen molar-refractivity contribution >= 4 is 17.8 Å². The highest BCUT2D eigenvalue weighted by atomic mass is 16.4. The minimum absolute atomic E-state index is 0.0393. The van der Waals surface area contributed by atoms with Crippen LogP contribution in [-0.2, 0) is 14.4 Å². The summed E-state index contributed by atoms with van der Waals surface area (Å²) in [6.45, 7) is 5.35. The molecule has 0 aliphatic heterocycles. The Labute approximate surface area is 136 Å². The topological polar surface area (TPSA) is 95.5 Å². The fourth-order valence-electron chi connectivity index (χ4n) is 4.54. The van der Waals surface area contributed by atoms with Crippen molar-refractivity contribution in [3.05, 3.63) is 0 Å². The van der Waals surface area contributed by atoms with Gasteiger partial charge in [0, 0.05) is 11.8 Å². The second kappa shape index (κ2) is 4.95. The lowest BCUT2D eigenvalue weighted by Crippen LogP contribution is -2.50. The van der Waals surface area contributed by atoms with E-state index in [0.717, 1.165) is 19.3 Å². The van der Waals surface area contributed by atoms with Crippen LogP contribution in [0.2, 0.25) is 0 Å². The quantitative estimate of drug-likeness (QED) is 0.691. The summed E-state index contributed by atoms with van der Waals surface area (Å²) in [7, 11) is 0. The second-order valence-corrected chi connectivity index (χ2v) is 8.40. The van der Waals surface area contributed by atoms with E-state index in [1.54, 1.807) is 6.92 Å². The van der Waals surface area contributed by atoms with E-state index in [9.17, 15) is 19.5 Å². The maximum absolute atomic E-state index is 12.4. The van der Waals surface area contributed by atoms with Gasteiger partial charge >= 0.3 is 5.97 Å². The van der Waals surface area contributed by atoms with Crippen LogP contribution in [0.3, 0.4) is 0 Å². The van der Waals surface area contributed by atoms with Crippen molar-refractivity contribution in [3.8, 4) is 0 Å². The Balaban J connectivity index is 1.57. The van der Waals surface area contributed by atoms with Crippen molar-refractivity contribution in [1.29, 1.82) is 0 Å². The molecule has 0 bridgehead atoms. The molecule has 0 aromatic carbocycles. The first-order chi connectivity index (χ1) is 10.6. The van der Waals surface area contributed by atoms with Crippen LogP contribution < -0.4 is 10.9 Å². The number of carbonyl (C=O) groups excluding carboxylic acids is 2. The molecule has 3 atom stereocenters.